The SMILES string of the molecule is CC(CN1c2ccccc2Sc2ccccc21)N(C)C.COc1cccc([C@@]2(O)CCCC[C@@H]2CN(C)C)c1.Cn1c(=O)c2c(ncn2C)n(C)c1=O.O=C1CC[C@@]2(O)[C@H]3Cc4ccc(O)c5c4[C@@]2(CCN3CC2CC2)[C@H]1O5. The van der Waals surface area contributed by atoms with Crippen LogP contribution in [0.1, 0.15) is 81.4 Å². The number of benzene rings is 4. The number of aromatic nitrogens is 4. The van der Waals surface area contributed by atoms with Gasteiger partial charge < -0.3 is 44.1 Å². The zero-order valence-corrected chi connectivity index (χ0v) is 47.6. The maximum absolute atomic E-state index is 12.7. The van der Waals surface area contributed by atoms with Crippen LogP contribution < -0.4 is 25.6 Å². The number of nitrogens with zero attached hydrogens (tertiary/aromatic N) is 8. The van der Waals surface area contributed by atoms with Crippen molar-refractivity contribution >= 4 is 40.1 Å². The van der Waals surface area contributed by atoms with Gasteiger partial charge in [0.2, 0.25) is 0 Å². The average Bonchev–Trinajstić information content (AvgIpc) is 2.29. The molecule has 13 rings (SSSR count). The van der Waals surface area contributed by atoms with E-state index in [1.165, 1.54) is 58.4 Å². The highest BCUT2D eigenvalue weighted by molar-refractivity contribution is 7.99. The molecule has 4 fully saturated rings. The van der Waals surface area contributed by atoms with Crippen molar-refractivity contribution in [3.8, 4) is 17.2 Å². The zero-order valence-electron chi connectivity index (χ0n) is 46.8. The van der Waals surface area contributed by atoms with Crippen molar-refractivity contribution in [3.63, 3.8) is 0 Å². The van der Waals surface area contributed by atoms with Crippen molar-refractivity contribution in [2.45, 2.75) is 116 Å². The highest BCUT2D eigenvalue weighted by Crippen LogP contribution is 2.65. The summed E-state index contributed by atoms with van der Waals surface area (Å²) in [6, 6.07) is 29.4. The van der Waals surface area contributed by atoms with Gasteiger partial charge in [-0.2, -0.15) is 0 Å². The molecule has 2 bridgehead atoms. The lowest BCUT2D eigenvalue weighted by Crippen LogP contribution is -2.76. The minimum atomic E-state index is -0.940. The Kier molecular flexibility index (Phi) is 15.6. The van der Waals surface area contributed by atoms with Gasteiger partial charge in [0, 0.05) is 80.6 Å². The number of carbonyl (C=O) groups is 1. The van der Waals surface area contributed by atoms with Crippen molar-refractivity contribution in [2.75, 3.05) is 66.4 Å². The van der Waals surface area contributed by atoms with Gasteiger partial charge in [-0.3, -0.25) is 23.6 Å². The van der Waals surface area contributed by atoms with Crippen molar-refractivity contribution in [2.24, 2.45) is 33.0 Å². The number of phenols is 1. The van der Waals surface area contributed by atoms with E-state index in [1.54, 1.807) is 31.8 Å². The topological polar surface area (TPSA) is 171 Å². The third-order valence-electron chi connectivity index (χ3n) is 17.9. The molecular formula is C61H78N8O8S. The summed E-state index contributed by atoms with van der Waals surface area (Å²) < 4.78 is 15.4. The molecule has 2 aromatic heterocycles. The Morgan fingerprint density at radius 3 is 2.23 bits per heavy atom. The summed E-state index contributed by atoms with van der Waals surface area (Å²) in [7, 11) is 14.9. The van der Waals surface area contributed by atoms with Crippen LogP contribution in [-0.2, 0) is 43.4 Å². The number of phenolic OH excluding ortho intramolecular Hbond substituents is 1. The Morgan fingerprint density at radius 1 is 0.859 bits per heavy atom. The van der Waals surface area contributed by atoms with Gasteiger partial charge in [-0.25, -0.2) is 9.78 Å². The Balaban J connectivity index is 0.000000120. The number of imidazole rings is 1. The molecule has 0 radical (unpaired) electrons. The van der Waals surface area contributed by atoms with E-state index < -0.39 is 22.7 Å². The number of methoxy groups -OCH3 is 1. The number of carbonyl (C=O) groups excluding carboxylic acids is 1. The van der Waals surface area contributed by atoms with Crippen LogP contribution in [0.5, 0.6) is 17.2 Å². The lowest BCUT2D eigenvalue weighted by atomic mass is 9.49. The van der Waals surface area contributed by atoms with Crippen LogP contribution in [-0.4, -0.2) is 140 Å². The van der Waals surface area contributed by atoms with Gasteiger partial charge in [0.25, 0.3) is 5.56 Å². The highest BCUT2D eigenvalue weighted by atomic mass is 32.2. The first-order chi connectivity index (χ1) is 37.3. The predicted octanol–water partition coefficient (Wildman–Crippen LogP) is 7.37. The smallest absolute Gasteiger partial charge is 0.332 e. The van der Waals surface area contributed by atoms with Crippen molar-refractivity contribution in [1.82, 2.24) is 33.4 Å². The van der Waals surface area contributed by atoms with E-state index in [0.29, 0.717) is 41.7 Å². The monoisotopic (exact) mass is 1080 g/mol. The molecule has 0 amide bonds. The number of fused-ring (bicyclic) bond motifs is 3. The van der Waals surface area contributed by atoms with Crippen molar-refractivity contribution < 1.29 is 29.6 Å². The number of ketones is 1. The van der Waals surface area contributed by atoms with E-state index in [2.05, 4.69) is 108 Å². The maximum atomic E-state index is 12.7. The number of anilines is 2. The number of ether oxygens (including phenoxy) is 2. The number of aromatic hydroxyl groups is 1. The molecule has 4 aliphatic carbocycles. The van der Waals surface area contributed by atoms with Crippen molar-refractivity contribution in [1.29, 1.82) is 0 Å². The van der Waals surface area contributed by atoms with Crippen LogP contribution in [0.15, 0.2) is 111 Å². The summed E-state index contributed by atoms with van der Waals surface area (Å²) in [6.07, 6.45) is 10.1. The van der Waals surface area contributed by atoms with Crippen LogP contribution >= 0.6 is 11.8 Å². The number of hydrogen-bond donors (Lipinski definition) is 3. The normalized spacial score (nSPS) is 25.8. The molecule has 16 nitrogen and oxygen atoms in total. The minimum absolute atomic E-state index is 0.0454. The van der Waals surface area contributed by atoms with E-state index in [4.69, 9.17) is 9.47 Å². The van der Waals surface area contributed by atoms with E-state index in [-0.39, 0.29) is 28.8 Å². The molecule has 7 atom stereocenters. The lowest BCUT2D eigenvalue weighted by molar-refractivity contribution is -0.188. The molecule has 3 aliphatic heterocycles. The standard InChI is InChI=1S/C20H23NO4.C17H20N2S.C16H25NO2.C8H10N4O2/c22-13-4-3-12-9-15-20(24)6-5-14(23)18-19(20,16(12)17(13)25-18)7-8-21(15)10-11-1-2-11;1-13(18(2)3)12-19-14-8-4-6-10-16(14)20-17-11-7-5-9-15(17)19;1-17(2)12-14-7-4-5-10-16(14,18)13-8-6-9-15(11-13)19-3;1-10-4-9-6-5(10)7(13)12(3)8(14)11(6)2/h3-4,11,15,18,22,24H,1-2,5-10H2;4-11,13H,12H2,1-3H3;6,8-9,11,14,18H,4-5,7,10,12H2,1-3H3;4H,1-3H3/t15-,18+,19+,20-;;14-,16+;/m1.1./s1. The number of piperidine rings is 1. The molecule has 3 saturated carbocycles. The van der Waals surface area contributed by atoms with Crippen LogP contribution in [0, 0.1) is 11.8 Å². The van der Waals surface area contributed by atoms with E-state index in [1.807, 2.05) is 42.1 Å². The van der Waals surface area contributed by atoms with E-state index >= 15 is 0 Å². The van der Waals surface area contributed by atoms with Crippen LogP contribution in [0.4, 0.5) is 11.4 Å². The number of rotatable bonds is 9. The maximum Gasteiger partial charge on any atom is 0.332 e. The minimum Gasteiger partial charge on any atom is -0.504 e. The first-order valence-electron chi connectivity index (χ1n) is 27.7. The summed E-state index contributed by atoms with van der Waals surface area (Å²) >= 11 is 1.87. The van der Waals surface area contributed by atoms with Gasteiger partial charge in [0.05, 0.1) is 41.4 Å². The first-order valence-corrected chi connectivity index (χ1v) is 28.5. The number of likely N-dealkylation sites (tertiary alicyclic amines) is 1. The molecule has 5 heterocycles. The summed E-state index contributed by atoms with van der Waals surface area (Å²) in [5.74, 6) is 2.50. The molecule has 17 heteroatoms. The molecule has 7 aliphatic rings. The van der Waals surface area contributed by atoms with Gasteiger partial charge in [0.15, 0.2) is 34.6 Å². The van der Waals surface area contributed by atoms with E-state index in [9.17, 15) is 29.7 Å². The third kappa shape index (κ3) is 9.86. The van der Waals surface area contributed by atoms with Gasteiger partial charge >= 0.3 is 5.69 Å². The summed E-state index contributed by atoms with van der Waals surface area (Å²) in [5, 5.41) is 33.5. The second-order valence-electron chi connectivity index (χ2n) is 23.3. The summed E-state index contributed by atoms with van der Waals surface area (Å²) in [4.78, 5) is 51.9. The van der Waals surface area contributed by atoms with E-state index in [0.717, 1.165) is 91.2 Å². The van der Waals surface area contributed by atoms with Crippen molar-refractivity contribution in [3.05, 3.63) is 129 Å². The molecule has 1 spiro atoms. The number of likely N-dealkylation sites (N-methyl/N-ethyl adjacent to an activating group) is 1. The molecule has 416 valence electrons. The molecule has 78 heavy (non-hydrogen) atoms. The fourth-order valence-corrected chi connectivity index (χ4v) is 14.4. The lowest BCUT2D eigenvalue weighted by Gasteiger charge is -2.62. The fraction of sp³-hybridized carbons (Fsp3) is 0.508. The third-order valence-corrected chi connectivity index (χ3v) is 19.1. The second-order valence-corrected chi connectivity index (χ2v) is 24.4. The molecule has 3 N–H and O–H groups in total. The highest BCUT2D eigenvalue weighted by Gasteiger charge is 2.73. The molecular weight excluding hydrogens is 1000 g/mol. The Morgan fingerprint density at radius 2 is 1.56 bits per heavy atom. The number of hydrogen-bond acceptors (Lipinski definition) is 14. The van der Waals surface area contributed by atoms with Crippen LogP contribution in [0.3, 0.4) is 0 Å². The Bertz CT molecular complexity index is 3270. The number of para-hydroxylation sites is 2. The zero-order chi connectivity index (χ0) is 55.4. The van der Waals surface area contributed by atoms with Gasteiger partial charge in [-0.15, -0.1) is 0 Å². The molecule has 4 aromatic carbocycles. The van der Waals surface area contributed by atoms with Gasteiger partial charge in [-0.1, -0.05) is 67.1 Å². The molecule has 1 unspecified atom stereocenters. The quantitative estimate of drug-likeness (QED) is 0.131. The largest absolute Gasteiger partial charge is 0.504 e. The van der Waals surface area contributed by atoms with Gasteiger partial charge in [-0.05, 0) is 146 Å². The average molecular weight is 1080 g/mol. The van der Waals surface area contributed by atoms with Gasteiger partial charge in [0.1, 0.15) is 5.75 Å². The molecule has 6 aromatic rings. The predicted molar refractivity (Wildman–Crippen MR) is 306 cm³/mol. The number of aliphatic hydroxyl groups is 2. The summed E-state index contributed by atoms with van der Waals surface area (Å²) in [6.45, 7) is 6.15. The molecule has 1 saturated heterocycles. The summed E-state index contributed by atoms with van der Waals surface area (Å²) in [5.41, 5.74) is 3.57. The fourth-order valence-electron chi connectivity index (χ4n) is 13.3. The van der Waals surface area contributed by atoms with Crippen LogP contribution in [0.2, 0.25) is 0 Å². The second kappa shape index (κ2) is 21.9. The first kappa shape index (κ1) is 55.4. The number of Topliss-reactive ketones (excluding diaryl/α,β-unsaturated/α-hetero) is 1. The Labute approximate surface area is 462 Å². The number of aryl methyl sites for hydroxylation is 2. The Hall–Kier alpha value is -5.95. The van der Waals surface area contributed by atoms with Crippen LogP contribution in [0.25, 0.3) is 11.2 Å².